The van der Waals surface area contributed by atoms with E-state index >= 15 is 0 Å². The van der Waals surface area contributed by atoms with E-state index in [1.54, 1.807) is 6.07 Å². The first-order valence-corrected chi connectivity index (χ1v) is 10.5. The van der Waals surface area contributed by atoms with E-state index in [0.29, 0.717) is 11.6 Å². The van der Waals surface area contributed by atoms with Crippen molar-refractivity contribution < 1.29 is 4.79 Å². The van der Waals surface area contributed by atoms with Crippen molar-refractivity contribution in [2.75, 3.05) is 26.2 Å². The molecule has 4 heterocycles. The lowest BCUT2D eigenvalue weighted by Crippen LogP contribution is -2.38. The Bertz CT molecular complexity index is 818. The smallest absolute Gasteiger partial charge is 0.272 e. The van der Waals surface area contributed by atoms with Crippen LogP contribution >= 0.6 is 0 Å². The lowest BCUT2D eigenvalue weighted by Gasteiger charge is -2.31. The summed E-state index contributed by atoms with van der Waals surface area (Å²) in [7, 11) is 2.09. The van der Waals surface area contributed by atoms with Gasteiger partial charge >= 0.3 is 0 Å². The van der Waals surface area contributed by atoms with Crippen LogP contribution in [0.2, 0.25) is 0 Å². The molecule has 0 N–H and O–H groups in total. The van der Waals surface area contributed by atoms with Crippen molar-refractivity contribution in [1.29, 1.82) is 0 Å². The summed E-state index contributed by atoms with van der Waals surface area (Å²) < 4.78 is 2.18. The average molecular weight is 383 g/mol. The van der Waals surface area contributed by atoms with E-state index in [1.807, 2.05) is 24.0 Å². The highest BCUT2D eigenvalue weighted by Crippen LogP contribution is 2.28. The fourth-order valence-corrected chi connectivity index (χ4v) is 4.35. The highest BCUT2D eigenvalue weighted by Gasteiger charge is 2.28. The molecule has 7 heteroatoms. The zero-order chi connectivity index (χ0) is 19.5. The lowest BCUT2D eigenvalue weighted by molar-refractivity contribution is 0.0704. The number of hydrogen-bond donors (Lipinski definition) is 0. The number of aryl methyl sites for hydroxylation is 1. The van der Waals surface area contributed by atoms with Gasteiger partial charge in [0.25, 0.3) is 5.91 Å². The zero-order valence-electron chi connectivity index (χ0n) is 17.0. The normalized spacial score (nSPS) is 19.1. The summed E-state index contributed by atoms with van der Waals surface area (Å²) in [6.45, 7) is 6.62. The summed E-state index contributed by atoms with van der Waals surface area (Å²) in [6.07, 6.45) is 5.76. The molecule has 0 unspecified atom stereocenters. The van der Waals surface area contributed by atoms with Gasteiger partial charge in [-0.3, -0.25) is 9.69 Å². The van der Waals surface area contributed by atoms with Crippen molar-refractivity contribution in [3.05, 3.63) is 41.2 Å². The van der Waals surface area contributed by atoms with Crippen LogP contribution in [0.25, 0.3) is 0 Å². The van der Waals surface area contributed by atoms with Crippen molar-refractivity contribution in [2.24, 2.45) is 7.05 Å². The first kappa shape index (κ1) is 19.1. The second-order valence-electron chi connectivity index (χ2n) is 8.10. The van der Waals surface area contributed by atoms with Gasteiger partial charge < -0.3 is 9.47 Å². The monoisotopic (exact) mass is 382 g/mol. The fourth-order valence-electron chi connectivity index (χ4n) is 4.35. The van der Waals surface area contributed by atoms with Gasteiger partial charge in [0, 0.05) is 31.7 Å². The van der Waals surface area contributed by atoms with Crippen molar-refractivity contribution in [1.82, 2.24) is 29.5 Å². The minimum atomic E-state index is 0.0332. The SMILES string of the molecule is Cc1cccc(C(=O)N2CCC(c3nnc(CN4CCCCC4)n3C)CC2)n1. The van der Waals surface area contributed by atoms with Gasteiger partial charge in [-0.15, -0.1) is 10.2 Å². The molecule has 28 heavy (non-hydrogen) atoms. The van der Waals surface area contributed by atoms with Crippen LogP contribution in [0.1, 0.15) is 65.9 Å². The second-order valence-corrected chi connectivity index (χ2v) is 8.10. The Morgan fingerprint density at radius 3 is 2.54 bits per heavy atom. The summed E-state index contributed by atoms with van der Waals surface area (Å²) in [5.41, 5.74) is 1.42. The molecule has 0 saturated carbocycles. The Balaban J connectivity index is 1.36. The molecular formula is C21H30N6O. The largest absolute Gasteiger partial charge is 0.337 e. The molecule has 2 saturated heterocycles. The Morgan fingerprint density at radius 2 is 1.82 bits per heavy atom. The van der Waals surface area contributed by atoms with Crippen LogP contribution in [-0.2, 0) is 13.6 Å². The summed E-state index contributed by atoms with van der Waals surface area (Å²) in [6, 6.07) is 5.61. The first-order valence-electron chi connectivity index (χ1n) is 10.5. The topological polar surface area (TPSA) is 67.2 Å². The maximum absolute atomic E-state index is 12.7. The number of amides is 1. The van der Waals surface area contributed by atoms with E-state index in [-0.39, 0.29) is 5.91 Å². The quantitative estimate of drug-likeness (QED) is 0.813. The van der Waals surface area contributed by atoms with E-state index in [9.17, 15) is 4.79 Å². The summed E-state index contributed by atoms with van der Waals surface area (Å²) >= 11 is 0. The molecule has 1 amide bonds. The summed E-state index contributed by atoms with van der Waals surface area (Å²) in [5.74, 6) is 2.51. The van der Waals surface area contributed by atoms with Crippen molar-refractivity contribution >= 4 is 5.91 Å². The number of pyridine rings is 1. The van der Waals surface area contributed by atoms with E-state index < -0.39 is 0 Å². The van der Waals surface area contributed by atoms with Crippen LogP contribution in [0.4, 0.5) is 0 Å². The van der Waals surface area contributed by atoms with Gasteiger partial charge in [-0.1, -0.05) is 12.5 Å². The zero-order valence-corrected chi connectivity index (χ0v) is 17.0. The third-order valence-electron chi connectivity index (χ3n) is 6.07. The van der Waals surface area contributed by atoms with Gasteiger partial charge in [0.1, 0.15) is 17.3 Å². The molecular weight excluding hydrogens is 352 g/mol. The Kier molecular flexibility index (Phi) is 5.71. The standard InChI is InChI=1S/C21H30N6O/c1-16-7-6-8-18(22-16)21(28)27-13-9-17(10-14-27)20-24-23-19(25(20)2)15-26-11-4-3-5-12-26/h6-8,17H,3-5,9-15H2,1-2H3. The number of carbonyl (C=O) groups excluding carboxylic acids is 1. The molecule has 0 atom stereocenters. The second kappa shape index (κ2) is 8.39. The number of likely N-dealkylation sites (tertiary alicyclic amines) is 2. The molecule has 0 aromatic carbocycles. The predicted molar refractivity (Wildman–Crippen MR) is 107 cm³/mol. The van der Waals surface area contributed by atoms with Crippen molar-refractivity contribution in [2.45, 2.75) is 51.5 Å². The Hall–Kier alpha value is -2.28. The molecule has 4 rings (SSSR count). The molecule has 150 valence electrons. The summed E-state index contributed by atoms with van der Waals surface area (Å²) in [5, 5.41) is 8.99. The number of hydrogen-bond acceptors (Lipinski definition) is 5. The lowest BCUT2D eigenvalue weighted by atomic mass is 9.95. The van der Waals surface area contributed by atoms with Gasteiger partial charge in [0.15, 0.2) is 0 Å². The van der Waals surface area contributed by atoms with E-state index in [1.165, 1.54) is 19.3 Å². The number of aromatic nitrogens is 4. The third kappa shape index (κ3) is 4.09. The molecule has 0 radical (unpaired) electrons. The van der Waals surface area contributed by atoms with Gasteiger partial charge in [-0.05, 0) is 57.8 Å². The van der Waals surface area contributed by atoms with Gasteiger partial charge in [0.05, 0.1) is 6.54 Å². The number of nitrogens with zero attached hydrogens (tertiary/aromatic N) is 6. The van der Waals surface area contributed by atoms with Crippen LogP contribution in [0, 0.1) is 6.92 Å². The molecule has 7 nitrogen and oxygen atoms in total. The van der Waals surface area contributed by atoms with E-state index in [0.717, 1.165) is 62.9 Å². The Morgan fingerprint density at radius 1 is 1.07 bits per heavy atom. The number of carbonyl (C=O) groups is 1. The van der Waals surface area contributed by atoms with Gasteiger partial charge in [-0.2, -0.15) is 0 Å². The van der Waals surface area contributed by atoms with E-state index in [4.69, 9.17) is 0 Å². The molecule has 0 spiro atoms. The third-order valence-corrected chi connectivity index (χ3v) is 6.07. The van der Waals surface area contributed by atoms with Crippen LogP contribution < -0.4 is 0 Å². The maximum Gasteiger partial charge on any atom is 0.272 e. The predicted octanol–water partition coefficient (Wildman–Crippen LogP) is 2.52. The van der Waals surface area contributed by atoms with Crippen molar-refractivity contribution in [3.63, 3.8) is 0 Å². The summed E-state index contributed by atoms with van der Waals surface area (Å²) in [4.78, 5) is 21.5. The minimum absolute atomic E-state index is 0.0332. The highest BCUT2D eigenvalue weighted by molar-refractivity contribution is 5.92. The minimum Gasteiger partial charge on any atom is -0.337 e. The van der Waals surface area contributed by atoms with Crippen molar-refractivity contribution in [3.8, 4) is 0 Å². The Labute approximate surface area is 166 Å². The highest BCUT2D eigenvalue weighted by atomic mass is 16.2. The van der Waals surface area contributed by atoms with E-state index in [2.05, 4.69) is 31.7 Å². The van der Waals surface area contributed by atoms with Crippen LogP contribution in [0.5, 0.6) is 0 Å². The maximum atomic E-state index is 12.7. The van der Waals surface area contributed by atoms with Gasteiger partial charge in [-0.25, -0.2) is 4.98 Å². The molecule has 0 aliphatic carbocycles. The first-order chi connectivity index (χ1) is 13.6. The van der Waals surface area contributed by atoms with Crippen LogP contribution in [0.15, 0.2) is 18.2 Å². The molecule has 2 fully saturated rings. The molecule has 0 bridgehead atoms. The number of rotatable bonds is 4. The number of piperidine rings is 2. The van der Waals surface area contributed by atoms with Gasteiger partial charge in [0.2, 0.25) is 0 Å². The molecule has 2 aromatic heterocycles. The van der Waals surface area contributed by atoms with Crippen LogP contribution in [-0.4, -0.2) is 61.6 Å². The fraction of sp³-hybridized carbons (Fsp3) is 0.619. The molecule has 2 aliphatic heterocycles. The average Bonchev–Trinajstić information content (AvgIpc) is 3.08. The molecule has 2 aromatic rings. The molecule has 2 aliphatic rings. The van der Waals surface area contributed by atoms with Crippen LogP contribution in [0.3, 0.4) is 0 Å².